The number of methoxy groups -OCH3 is 1. The highest BCUT2D eigenvalue weighted by Gasteiger charge is 2.06. The van der Waals surface area contributed by atoms with Gasteiger partial charge in [0.05, 0.1) is 12.3 Å². The van der Waals surface area contributed by atoms with Gasteiger partial charge in [0.2, 0.25) is 5.95 Å². The van der Waals surface area contributed by atoms with Crippen LogP contribution >= 0.6 is 27.5 Å². The number of imidazole rings is 1. The molecule has 6 heteroatoms. The van der Waals surface area contributed by atoms with E-state index >= 15 is 0 Å². The van der Waals surface area contributed by atoms with Gasteiger partial charge in [0.25, 0.3) is 0 Å². The lowest BCUT2D eigenvalue weighted by atomic mass is 10.3. The van der Waals surface area contributed by atoms with E-state index in [1.165, 1.54) is 0 Å². The van der Waals surface area contributed by atoms with E-state index in [1.54, 1.807) is 13.3 Å². The molecule has 0 saturated heterocycles. The van der Waals surface area contributed by atoms with Crippen LogP contribution in [0, 0.1) is 0 Å². The number of nitrogens with zero attached hydrogens (tertiary/aromatic N) is 2. The van der Waals surface area contributed by atoms with E-state index in [4.69, 9.17) is 16.3 Å². The van der Waals surface area contributed by atoms with Crippen LogP contribution in [0.3, 0.4) is 0 Å². The first-order valence-corrected chi connectivity index (χ1v) is 6.60. The number of benzene rings is 1. The first kappa shape index (κ1) is 13.4. The Morgan fingerprint density at radius 3 is 3.11 bits per heavy atom. The van der Waals surface area contributed by atoms with Gasteiger partial charge in [-0.15, -0.1) is 0 Å². The van der Waals surface area contributed by atoms with Gasteiger partial charge >= 0.3 is 0 Å². The highest BCUT2D eigenvalue weighted by molar-refractivity contribution is 9.10. The zero-order valence-corrected chi connectivity index (χ0v) is 12.2. The summed E-state index contributed by atoms with van der Waals surface area (Å²) in [7, 11) is 1.68. The number of halogens is 2. The van der Waals surface area contributed by atoms with Crippen LogP contribution in [0.2, 0.25) is 5.02 Å². The number of hydrogen-bond acceptors (Lipinski definition) is 3. The van der Waals surface area contributed by atoms with Gasteiger partial charge in [0, 0.05) is 35.5 Å². The van der Waals surface area contributed by atoms with Crippen molar-refractivity contribution in [3.63, 3.8) is 0 Å². The van der Waals surface area contributed by atoms with Crippen LogP contribution in [0.4, 0.5) is 11.6 Å². The zero-order valence-electron chi connectivity index (χ0n) is 9.86. The minimum atomic E-state index is 0.641. The molecule has 0 spiro atoms. The Hall–Kier alpha value is -1.04. The number of hydrogen-bond donors (Lipinski definition) is 1. The molecule has 0 fully saturated rings. The average molecular weight is 331 g/mol. The predicted molar refractivity (Wildman–Crippen MR) is 76.5 cm³/mol. The molecule has 0 radical (unpaired) electrons. The molecular weight excluding hydrogens is 318 g/mol. The fourth-order valence-corrected chi connectivity index (χ4v) is 2.03. The van der Waals surface area contributed by atoms with Gasteiger partial charge in [0.15, 0.2) is 0 Å². The Morgan fingerprint density at radius 1 is 1.50 bits per heavy atom. The van der Waals surface area contributed by atoms with Crippen molar-refractivity contribution in [1.82, 2.24) is 9.55 Å². The summed E-state index contributed by atoms with van der Waals surface area (Å²) in [6, 6.07) is 5.57. The molecule has 0 aliphatic carbocycles. The smallest absolute Gasteiger partial charge is 0.207 e. The van der Waals surface area contributed by atoms with Crippen molar-refractivity contribution in [3.8, 4) is 0 Å². The molecule has 0 atom stereocenters. The zero-order chi connectivity index (χ0) is 13.0. The van der Waals surface area contributed by atoms with E-state index in [9.17, 15) is 0 Å². The van der Waals surface area contributed by atoms with Gasteiger partial charge in [-0.2, -0.15) is 0 Å². The van der Waals surface area contributed by atoms with Crippen LogP contribution in [-0.4, -0.2) is 23.3 Å². The van der Waals surface area contributed by atoms with Crippen LogP contribution in [0.25, 0.3) is 0 Å². The number of rotatable bonds is 5. The minimum absolute atomic E-state index is 0.641. The molecule has 0 amide bonds. The standard InChI is InChI=1S/C12H13BrClN3O/c1-18-7-6-17-5-4-15-12(17)16-11-8-9(14)2-3-10(11)13/h2-5,8H,6-7H2,1H3,(H,15,16). The van der Waals surface area contributed by atoms with Gasteiger partial charge in [-0.3, -0.25) is 0 Å². The lowest BCUT2D eigenvalue weighted by Gasteiger charge is -2.11. The molecule has 1 aromatic heterocycles. The van der Waals surface area contributed by atoms with E-state index in [1.807, 2.05) is 29.0 Å². The number of ether oxygens (including phenoxy) is 1. The fourth-order valence-electron chi connectivity index (χ4n) is 1.52. The topological polar surface area (TPSA) is 39.1 Å². The van der Waals surface area contributed by atoms with Crippen LogP contribution < -0.4 is 5.32 Å². The summed E-state index contributed by atoms with van der Waals surface area (Å²) in [6.07, 6.45) is 3.65. The van der Waals surface area contributed by atoms with E-state index in [0.717, 1.165) is 22.7 Å². The summed E-state index contributed by atoms with van der Waals surface area (Å²) >= 11 is 9.44. The van der Waals surface area contributed by atoms with Crippen LogP contribution in [0.5, 0.6) is 0 Å². The molecule has 0 unspecified atom stereocenters. The van der Waals surface area contributed by atoms with Crippen molar-refractivity contribution in [1.29, 1.82) is 0 Å². The van der Waals surface area contributed by atoms with Crippen molar-refractivity contribution >= 4 is 39.2 Å². The number of anilines is 2. The second-order valence-corrected chi connectivity index (χ2v) is 4.98. The van der Waals surface area contributed by atoms with Crippen molar-refractivity contribution in [3.05, 3.63) is 40.1 Å². The first-order chi connectivity index (χ1) is 8.70. The molecule has 2 rings (SSSR count). The number of nitrogens with one attached hydrogen (secondary N) is 1. The second kappa shape index (κ2) is 6.22. The van der Waals surface area contributed by atoms with Gasteiger partial charge in [-0.1, -0.05) is 11.6 Å². The van der Waals surface area contributed by atoms with Crippen molar-refractivity contribution < 1.29 is 4.74 Å². The molecular formula is C12H13BrClN3O. The molecule has 1 N–H and O–H groups in total. The quantitative estimate of drug-likeness (QED) is 0.909. The monoisotopic (exact) mass is 329 g/mol. The van der Waals surface area contributed by atoms with Crippen molar-refractivity contribution in [2.75, 3.05) is 19.0 Å². The molecule has 0 bridgehead atoms. The molecule has 1 aromatic carbocycles. The molecule has 18 heavy (non-hydrogen) atoms. The van der Waals surface area contributed by atoms with Crippen LogP contribution in [0.15, 0.2) is 35.1 Å². The van der Waals surface area contributed by atoms with Crippen molar-refractivity contribution in [2.24, 2.45) is 0 Å². The summed E-state index contributed by atoms with van der Waals surface area (Å²) in [5.74, 6) is 0.759. The maximum Gasteiger partial charge on any atom is 0.207 e. The lowest BCUT2D eigenvalue weighted by Crippen LogP contribution is -2.07. The Labute approximate surface area is 119 Å². The summed E-state index contributed by atoms with van der Waals surface area (Å²) in [6.45, 7) is 1.39. The fraction of sp³-hybridized carbons (Fsp3) is 0.250. The van der Waals surface area contributed by atoms with Gasteiger partial charge in [0.1, 0.15) is 0 Å². The second-order valence-electron chi connectivity index (χ2n) is 3.69. The third-order valence-corrected chi connectivity index (χ3v) is 3.35. The molecule has 0 aliphatic rings. The summed E-state index contributed by atoms with van der Waals surface area (Å²) < 4.78 is 7.98. The third kappa shape index (κ3) is 3.25. The lowest BCUT2D eigenvalue weighted by molar-refractivity contribution is 0.188. The van der Waals surface area contributed by atoms with Crippen molar-refractivity contribution in [2.45, 2.75) is 6.54 Å². The predicted octanol–water partition coefficient (Wildman–Crippen LogP) is 3.69. The highest BCUT2D eigenvalue weighted by Crippen LogP contribution is 2.28. The molecule has 1 heterocycles. The summed E-state index contributed by atoms with van der Waals surface area (Å²) in [4.78, 5) is 4.27. The maximum atomic E-state index is 5.97. The van der Waals surface area contributed by atoms with E-state index < -0.39 is 0 Å². The largest absolute Gasteiger partial charge is 0.383 e. The molecule has 2 aromatic rings. The minimum Gasteiger partial charge on any atom is -0.383 e. The summed E-state index contributed by atoms with van der Waals surface area (Å²) in [5, 5.41) is 3.91. The van der Waals surface area contributed by atoms with E-state index in [2.05, 4.69) is 26.2 Å². The van der Waals surface area contributed by atoms with E-state index in [-0.39, 0.29) is 0 Å². The van der Waals surface area contributed by atoms with Gasteiger partial charge in [-0.25, -0.2) is 4.98 Å². The average Bonchev–Trinajstić information content (AvgIpc) is 2.79. The maximum absolute atomic E-state index is 5.97. The van der Waals surface area contributed by atoms with Crippen LogP contribution in [-0.2, 0) is 11.3 Å². The van der Waals surface area contributed by atoms with Gasteiger partial charge < -0.3 is 14.6 Å². The normalized spacial score (nSPS) is 10.6. The molecule has 0 saturated carbocycles. The van der Waals surface area contributed by atoms with Crippen LogP contribution in [0.1, 0.15) is 0 Å². The molecule has 96 valence electrons. The summed E-state index contributed by atoms with van der Waals surface area (Å²) in [5.41, 5.74) is 0.882. The molecule has 0 aliphatic heterocycles. The third-order valence-electron chi connectivity index (χ3n) is 2.43. The molecule has 4 nitrogen and oxygen atoms in total. The SMILES string of the molecule is COCCn1ccnc1Nc1cc(Cl)ccc1Br. The Morgan fingerprint density at radius 2 is 2.33 bits per heavy atom. The Bertz CT molecular complexity index is 530. The van der Waals surface area contributed by atoms with E-state index in [0.29, 0.717) is 11.6 Å². The van der Waals surface area contributed by atoms with Gasteiger partial charge in [-0.05, 0) is 34.1 Å². The highest BCUT2D eigenvalue weighted by atomic mass is 79.9. The Kier molecular flexibility index (Phi) is 4.63. The first-order valence-electron chi connectivity index (χ1n) is 5.43. The number of aromatic nitrogens is 2. The Balaban J connectivity index is 2.18.